The van der Waals surface area contributed by atoms with Crippen molar-refractivity contribution in [3.8, 4) is 0 Å². The lowest BCUT2D eigenvalue weighted by molar-refractivity contribution is 0.0368. The Morgan fingerprint density at radius 2 is 1.60 bits per heavy atom. The molecular weight excluding hydrogens is 532 g/mol. The van der Waals surface area contributed by atoms with Crippen molar-refractivity contribution in [2.24, 2.45) is 0 Å². The molecule has 0 radical (unpaired) electrons. The minimum absolute atomic E-state index is 0.384. The monoisotopic (exact) mass is 576 g/mol. The average molecular weight is 577 g/mol. The van der Waals surface area contributed by atoms with Crippen molar-refractivity contribution >= 4 is 17.6 Å². The second-order valence-electron chi connectivity index (χ2n) is 11.3. The van der Waals surface area contributed by atoms with Gasteiger partial charge in [-0.1, -0.05) is 35.5 Å². The van der Waals surface area contributed by atoms with Crippen LogP contribution in [0.2, 0.25) is 0 Å². The lowest BCUT2D eigenvalue weighted by atomic mass is 10.0. The number of benzene rings is 1. The van der Waals surface area contributed by atoms with Crippen molar-refractivity contribution in [2.45, 2.75) is 44.9 Å². The summed E-state index contributed by atoms with van der Waals surface area (Å²) in [6.07, 6.45) is 5.23. The van der Waals surface area contributed by atoms with Gasteiger partial charge in [-0.2, -0.15) is 9.97 Å². The van der Waals surface area contributed by atoms with E-state index in [9.17, 15) is 0 Å². The van der Waals surface area contributed by atoms with Gasteiger partial charge < -0.3 is 25.0 Å². The van der Waals surface area contributed by atoms with Gasteiger partial charge in [0.2, 0.25) is 5.95 Å². The van der Waals surface area contributed by atoms with E-state index in [1.54, 1.807) is 0 Å². The largest absolute Gasteiger partial charge is 0.379 e. The fourth-order valence-corrected chi connectivity index (χ4v) is 5.81. The minimum atomic E-state index is 0.384. The van der Waals surface area contributed by atoms with Gasteiger partial charge in [0.1, 0.15) is 17.3 Å². The van der Waals surface area contributed by atoms with Gasteiger partial charge in [0, 0.05) is 71.0 Å². The first-order valence-electron chi connectivity index (χ1n) is 15.4. The summed E-state index contributed by atoms with van der Waals surface area (Å²) in [4.78, 5) is 17.0. The summed E-state index contributed by atoms with van der Waals surface area (Å²) in [5, 5.41) is 15.8. The zero-order valence-electron chi connectivity index (χ0n) is 24.5. The first-order chi connectivity index (χ1) is 20.8. The van der Waals surface area contributed by atoms with Crippen LogP contribution in [0.25, 0.3) is 0 Å². The number of anilines is 3. The molecule has 0 amide bonds. The minimum Gasteiger partial charge on any atom is -0.379 e. The first-order valence-corrected chi connectivity index (χ1v) is 15.4. The highest BCUT2D eigenvalue weighted by molar-refractivity contribution is 5.54. The van der Waals surface area contributed by atoms with Crippen LogP contribution in [0.1, 0.15) is 30.5 Å². The van der Waals surface area contributed by atoms with Gasteiger partial charge in [0.15, 0.2) is 0 Å². The number of ether oxygens (including phenoxy) is 2. The van der Waals surface area contributed by atoms with Gasteiger partial charge in [-0.25, -0.2) is 0 Å². The first kappa shape index (κ1) is 28.8. The van der Waals surface area contributed by atoms with Crippen molar-refractivity contribution in [1.82, 2.24) is 34.8 Å². The molecule has 2 N–H and O–H groups in total. The Morgan fingerprint density at radius 1 is 0.833 bits per heavy atom. The molecule has 3 aromatic rings. The molecule has 3 aliphatic heterocycles. The van der Waals surface area contributed by atoms with Crippen LogP contribution in [0.5, 0.6) is 0 Å². The number of nitrogens with zero attached hydrogens (tertiary/aromatic N) is 8. The van der Waals surface area contributed by atoms with Crippen molar-refractivity contribution < 1.29 is 9.47 Å². The summed E-state index contributed by atoms with van der Waals surface area (Å²) in [5.74, 6) is 2.39. The molecule has 0 spiro atoms. The Labute approximate surface area is 248 Å². The van der Waals surface area contributed by atoms with Gasteiger partial charge >= 0.3 is 0 Å². The molecule has 226 valence electrons. The summed E-state index contributed by atoms with van der Waals surface area (Å²) < 4.78 is 12.9. The van der Waals surface area contributed by atoms with Gasteiger partial charge in [-0.3, -0.25) is 14.5 Å². The second-order valence-corrected chi connectivity index (χ2v) is 11.3. The lowest BCUT2D eigenvalue weighted by Gasteiger charge is -2.33. The molecule has 0 aliphatic carbocycles. The molecule has 1 aromatic carbocycles. The predicted molar refractivity (Wildman–Crippen MR) is 163 cm³/mol. The number of aryl methyl sites for hydroxylation is 1. The van der Waals surface area contributed by atoms with E-state index in [1.807, 2.05) is 10.9 Å². The molecule has 0 bridgehead atoms. The Kier molecular flexibility index (Phi) is 10.1. The Morgan fingerprint density at radius 3 is 2.38 bits per heavy atom. The van der Waals surface area contributed by atoms with E-state index in [1.165, 1.54) is 5.56 Å². The molecule has 42 heavy (non-hydrogen) atoms. The van der Waals surface area contributed by atoms with Gasteiger partial charge in [0.05, 0.1) is 39.2 Å². The van der Waals surface area contributed by atoms with Crippen molar-refractivity contribution in [1.29, 1.82) is 0 Å². The maximum absolute atomic E-state index is 5.58. The van der Waals surface area contributed by atoms with Crippen molar-refractivity contribution in [3.63, 3.8) is 0 Å². The van der Waals surface area contributed by atoms with Gasteiger partial charge in [0.25, 0.3) is 0 Å². The summed E-state index contributed by atoms with van der Waals surface area (Å²) >= 11 is 0. The number of likely N-dealkylation sites (tertiary alicyclic amines) is 1. The molecule has 3 aliphatic rings. The van der Waals surface area contributed by atoms with E-state index in [2.05, 4.69) is 72.0 Å². The molecule has 2 aromatic heterocycles. The fourth-order valence-electron chi connectivity index (χ4n) is 5.81. The number of morpholine rings is 2. The van der Waals surface area contributed by atoms with E-state index in [4.69, 9.17) is 19.4 Å². The zero-order chi connectivity index (χ0) is 28.4. The average Bonchev–Trinajstić information content (AvgIpc) is 3.50. The van der Waals surface area contributed by atoms with Crippen LogP contribution in [0.3, 0.4) is 0 Å². The zero-order valence-corrected chi connectivity index (χ0v) is 24.5. The van der Waals surface area contributed by atoms with Crippen LogP contribution in [-0.2, 0) is 29.1 Å². The van der Waals surface area contributed by atoms with Gasteiger partial charge in [-0.05, 0) is 24.8 Å². The van der Waals surface area contributed by atoms with E-state index in [0.717, 1.165) is 109 Å². The maximum Gasteiger partial charge on any atom is 0.226 e. The van der Waals surface area contributed by atoms with Crippen LogP contribution < -0.4 is 15.5 Å². The summed E-state index contributed by atoms with van der Waals surface area (Å²) in [7, 11) is 0. The molecule has 12 nitrogen and oxygen atoms in total. The summed E-state index contributed by atoms with van der Waals surface area (Å²) in [5.41, 5.74) is 2.25. The highest BCUT2D eigenvalue weighted by Crippen LogP contribution is 2.23. The van der Waals surface area contributed by atoms with Crippen LogP contribution in [0.15, 0.2) is 42.6 Å². The predicted octanol–water partition coefficient (Wildman–Crippen LogP) is 2.32. The number of aromatic nitrogens is 5. The second kappa shape index (κ2) is 14.7. The smallest absolute Gasteiger partial charge is 0.226 e. The van der Waals surface area contributed by atoms with Crippen LogP contribution in [0.4, 0.5) is 17.6 Å². The topological polar surface area (TPSA) is 109 Å². The molecule has 5 heterocycles. The van der Waals surface area contributed by atoms with Crippen molar-refractivity contribution in [2.75, 3.05) is 87.8 Å². The number of rotatable bonds is 12. The molecule has 0 unspecified atom stereocenters. The number of nitrogens with one attached hydrogen (secondary N) is 2. The van der Waals surface area contributed by atoms with Crippen molar-refractivity contribution in [3.05, 3.63) is 53.9 Å². The SMILES string of the molecule is c1ccc(CN2CCC(Nc3cc(N4CCOCC4)nc(NCc4cn(CCCN5CCOCC5)nn4)n3)CC2)cc1. The lowest BCUT2D eigenvalue weighted by Crippen LogP contribution is -2.39. The third kappa shape index (κ3) is 8.37. The fraction of sp³-hybridized carbons (Fsp3) is 0.600. The number of hydrogen-bond donors (Lipinski definition) is 2. The number of piperidine rings is 1. The van der Waals surface area contributed by atoms with Crippen LogP contribution in [0, 0.1) is 0 Å². The van der Waals surface area contributed by atoms with E-state index in [-0.39, 0.29) is 0 Å². The number of hydrogen-bond acceptors (Lipinski definition) is 11. The molecule has 12 heteroatoms. The third-order valence-electron chi connectivity index (χ3n) is 8.22. The molecule has 3 saturated heterocycles. The van der Waals surface area contributed by atoms with E-state index in [0.29, 0.717) is 31.7 Å². The molecular formula is C30H44N10O2. The van der Waals surface area contributed by atoms with E-state index >= 15 is 0 Å². The van der Waals surface area contributed by atoms with Crippen LogP contribution in [-0.4, -0.2) is 113 Å². The Hall–Kier alpha value is -3.32. The van der Waals surface area contributed by atoms with Crippen LogP contribution >= 0.6 is 0 Å². The molecule has 0 atom stereocenters. The quantitative estimate of drug-likeness (QED) is 0.332. The highest BCUT2D eigenvalue weighted by atomic mass is 16.5. The summed E-state index contributed by atoms with van der Waals surface area (Å²) in [6.45, 7) is 12.4. The van der Waals surface area contributed by atoms with E-state index < -0.39 is 0 Å². The molecule has 0 saturated carbocycles. The standard InChI is InChI=1S/C30H44N10O2/c1-2-5-25(6-3-1)23-38-11-7-26(8-12-38)32-28-21-29(39-15-19-42-20-16-39)34-30(33-28)31-22-27-24-40(36-35-27)10-4-9-37-13-17-41-18-14-37/h1-3,5-6,21,24,26H,4,7-20,22-23H2,(H2,31,32,33,34). The normalized spacial score (nSPS) is 19.2. The summed E-state index contributed by atoms with van der Waals surface area (Å²) in [6, 6.07) is 13.2. The van der Waals surface area contributed by atoms with Gasteiger partial charge in [-0.15, -0.1) is 5.10 Å². The maximum atomic E-state index is 5.58. The third-order valence-corrected chi connectivity index (χ3v) is 8.22. The highest BCUT2D eigenvalue weighted by Gasteiger charge is 2.21. The Balaban J connectivity index is 1.03. The molecule has 6 rings (SSSR count). The molecule has 3 fully saturated rings. The Bertz CT molecular complexity index is 1220.